The van der Waals surface area contributed by atoms with Crippen LogP contribution in [0.3, 0.4) is 0 Å². The minimum atomic E-state index is -0.234. The lowest BCUT2D eigenvalue weighted by atomic mass is 10.2. The van der Waals surface area contributed by atoms with E-state index in [0.29, 0.717) is 31.4 Å². The molecule has 0 aliphatic carbocycles. The highest BCUT2D eigenvalue weighted by Gasteiger charge is 2.14. The first-order valence-corrected chi connectivity index (χ1v) is 7.09. The van der Waals surface area contributed by atoms with Crippen molar-refractivity contribution in [2.24, 2.45) is 0 Å². The number of hydrogen-bond acceptors (Lipinski definition) is 4. The van der Waals surface area contributed by atoms with Crippen LogP contribution in [0, 0.1) is 0 Å². The quantitative estimate of drug-likeness (QED) is 0.676. The van der Waals surface area contributed by atoms with Gasteiger partial charge in [-0.2, -0.15) is 0 Å². The molecule has 1 N–H and O–H groups in total. The predicted octanol–water partition coefficient (Wildman–Crippen LogP) is 1.44. The van der Waals surface area contributed by atoms with E-state index >= 15 is 0 Å². The van der Waals surface area contributed by atoms with Crippen LogP contribution in [0.1, 0.15) is 5.56 Å². The van der Waals surface area contributed by atoms with Gasteiger partial charge in [-0.3, -0.25) is 10.1 Å². The fraction of sp³-hybridized carbons (Fsp3) is 0.333. The molecular weight excluding hydrogens is 288 g/mol. The highest BCUT2D eigenvalue weighted by atomic mass is 32.1. The second-order valence-corrected chi connectivity index (χ2v) is 4.89. The van der Waals surface area contributed by atoms with E-state index in [1.807, 2.05) is 29.2 Å². The van der Waals surface area contributed by atoms with Crippen molar-refractivity contribution < 1.29 is 14.3 Å². The maximum atomic E-state index is 11.8. The minimum Gasteiger partial charge on any atom is -0.497 e. The van der Waals surface area contributed by atoms with Gasteiger partial charge in [0.15, 0.2) is 5.11 Å². The van der Waals surface area contributed by atoms with E-state index in [4.69, 9.17) is 21.7 Å². The third-order valence-electron chi connectivity index (χ3n) is 3.07. The van der Waals surface area contributed by atoms with Crippen molar-refractivity contribution in [2.45, 2.75) is 0 Å². The largest absolute Gasteiger partial charge is 0.497 e. The van der Waals surface area contributed by atoms with Gasteiger partial charge in [0.25, 0.3) is 0 Å². The van der Waals surface area contributed by atoms with E-state index < -0.39 is 0 Å². The summed E-state index contributed by atoms with van der Waals surface area (Å²) in [6, 6.07) is 7.44. The second kappa shape index (κ2) is 7.75. The number of methoxy groups -OCH3 is 1. The lowest BCUT2D eigenvalue weighted by molar-refractivity contribution is -0.115. The van der Waals surface area contributed by atoms with Crippen molar-refractivity contribution in [2.75, 3.05) is 33.4 Å². The molecule has 6 heteroatoms. The highest BCUT2D eigenvalue weighted by molar-refractivity contribution is 7.80. The SMILES string of the molecule is COc1ccc(/C=C/C(=O)NC(=S)N2CCOCC2)cc1. The number of morpholine rings is 1. The van der Waals surface area contributed by atoms with Gasteiger partial charge in [0.1, 0.15) is 5.75 Å². The molecule has 112 valence electrons. The monoisotopic (exact) mass is 306 g/mol. The number of rotatable bonds is 3. The average Bonchev–Trinajstić information content (AvgIpc) is 2.54. The van der Waals surface area contributed by atoms with Crippen molar-refractivity contribution in [3.8, 4) is 5.75 Å². The van der Waals surface area contributed by atoms with Crippen LogP contribution >= 0.6 is 12.2 Å². The summed E-state index contributed by atoms with van der Waals surface area (Å²) in [6.45, 7) is 2.69. The molecule has 1 aliphatic rings. The molecule has 1 fully saturated rings. The molecule has 0 bridgehead atoms. The van der Waals surface area contributed by atoms with Gasteiger partial charge in [-0.15, -0.1) is 0 Å². The van der Waals surface area contributed by atoms with Crippen LogP contribution in [0.2, 0.25) is 0 Å². The molecule has 0 atom stereocenters. The average molecular weight is 306 g/mol. The molecule has 0 aromatic heterocycles. The Kier molecular flexibility index (Phi) is 5.71. The number of amides is 1. The Morgan fingerprint density at radius 3 is 2.62 bits per heavy atom. The standard InChI is InChI=1S/C15H18N2O3S/c1-19-13-5-2-12(3-6-13)4-7-14(18)16-15(21)17-8-10-20-11-9-17/h2-7H,8-11H2,1H3,(H,16,18,21)/b7-4+. The van der Waals surface area contributed by atoms with Gasteiger partial charge in [-0.1, -0.05) is 12.1 Å². The molecule has 1 heterocycles. The molecule has 1 saturated heterocycles. The Hall–Kier alpha value is -1.92. The van der Waals surface area contributed by atoms with Gasteiger partial charge in [0.2, 0.25) is 5.91 Å². The molecule has 5 nitrogen and oxygen atoms in total. The fourth-order valence-corrected chi connectivity index (χ4v) is 2.16. The topological polar surface area (TPSA) is 50.8 Å². The number of ether oxygens (including phenoxy) is 2. The van der Waals surface area contributed by atoms with Crippen molar-refractivity contribution in [1.82, 2.24) is 10.2 Å². The molecule has 1 aromatic rings. The number of carbonyl (C=O) groups excluding carboxylic acids is 1. The van der Waals surface area contributed by atoms with Crippen molar-refractivity contribution in [3.63, 3.8) is 0 Å². The summed E-state index contributed by atoms with van der Waals surface area (Å²) >= 11 is 5.20. The van der Waals surface area contributed by atoms with Crippen LogP contribution in [-0.2, 0) is 9.53 Å². The molecule has 21 heavy (non-hydrogen) atoms. The summed E-state index contributed by atoms with van der Waals surface area (Å²) in [5.41, 5.74) is 0.920. The van der Waals surface area contributed by atoms with Crippen molar-refractivity contribution in [3.05, 3.63) is 35.9 Å². The Morgan fingerprint density at radius 1 is 1.33 bits per heavy atom. The molecule has 0 saturated carbocycles. The number of nitrogens with one attached hydrogen (secondary N) is 1. The van der Waals surface area contributed by atoms with Gasteiger partial charge < -0.3 is 14.4 Å². The van der Waals surface area contributed by atoms with E-state index in [9.17, 15) is 4.79 Å². The third-order valence-corrected chi connectivity index (χ3v) is 3.43. The predicted molar refractivity (Wildman–Crippen MR) is 85.2 cm³/mol. The van der Waals surface area contributed by atoms with Crippen LogP contribution in [-0.4, -0.2) is 49.3 Å². The summed E-state index contributed by atoms with van der Waals surface area (Å²) in [5.74, 6) is 0.549. The summed E-state index contributed by atoms with van der Waals surface area (Å²) in [7, 11) is 1.62. The summed E-state index contributed by atoms with van der Waals surface area (Å²) in [4.78, 5) is 13.8. The number of nitrogens with zero attached hydrogens (tertiary/aromatic N) is 1. The number of hydrogen-bond donors (Lipinski definition) is 1. The smallest absolute Gasteiger partial charge is 0.250 e. The van der Waals surface area contributed by atoms with Crippen LogP contribution in [0.4, 0.5) is 0 Å². The van der Waals surface area contributed by atoms with Gasteiger partial charge >= 0.3 is 0 Å². The van der Waals surface area contributed by atoms with Gasteiger partial charge in [-0.25, -0.2) is 0 Å². The fourth-order valence-electron chi connectivity index (χ4n) is 1.88. The summed E-state index contributed by atoms with van der Waals surface area (Å²) in [5, 5.41) is 3.14. The number of benzene rings is 1. The van der Waals surface area contributed by atoms with E-state index in [1.165, 1.54) is 6.08 Å². The first-order valence-electron chi connectivity index (χ1n) is 6.69. The van der Waals surface area contributed by atoms with Crippen molar-refractivity contribution >= 4 is 29.3 Å². The van der Waals surface area contributed by atoms with Crippen LogP contribution < -0.4 is 10.1 Å². The van der Waals surface area contributed by atoms with Crippen LogP contribution in [0.5, 0.6) is 5.75 Å². The molecular formula is C15H18N2O3S. The molecule has 0 unspecified atom stereocenters. The van der Waals surface area contributed by atoms with E-state index in [-0.39, 0.29) is 5.91 Å². The maximum absolute atomic E-state index is 11.8. The zero-order chi connectivity index (χ0) is 15.1. The molecule has 0 radical (unpaired) electrons. The van der Waals surface area contributed by atoms with Crippen LogP contribution in [0.15, 0.2) is 30.3 Å². The maximum Gasteiger partial charge on any atom is 0.250 e. The van der Waals surface area contributed by atoms with E-state index in [2.05, 4.69) is 5.32 Å². The molecule has 1 aromatic carbocycles. The van der Waals surface area contributed by atoms with Gasteiger partial charge in [0.05, 0.1) is 20.3 Å². The van der Waals surface area contributed by atoms with E-state index in [0.717, 1.165) is 11.3 Å². The lowest BCUT2D eigenvalue weighted by Gasteiger charge is -2.28. The Labute approximate surface area is 129 Å². The van der Waals surface area contributed by atoms with Gasteiger partial charge in [-0.05, 0) is 36.0 Å². The van der Waals surface area contributed by atoms with Crippen molar-refractivity contribution in [1.29, 1.82) is 0 Å². The lowest BCUT2D eigenvalue weighted by Crippen LogP contribution is -2.47. The Bertz CT molecular complexity index is 522. The zero-order valence-electron chi connectivity index (χ0n) is 11.9. The summed E-state index contributed by atoms with van der Waals surface area (Å²) < 4.78 is 10.3. The third kappa shape index (κ3) is 4.84. The Morgan fingerprint density at radius 2 is 2.00 bits per heavy atom. The Balaban J connectivity index is 1.85. The number of thiocarbonyl (C=S) groups is 1. The van der Waals surface area contributed by atoms with Crippen LogP contribution in [0.25, 0.3) is 6.08 Å². The molecule has 1 amide bonds. The first-order chi connectivity index (χ1) is 10.2. The van der Waals surface area contributed by atoms with Gasteiger partial charge in [0, 0.05) is 19.2 Å². The molecule has 1 aliphatic heterocycles. The minimum absolute atomic E-state index is 0.234. The zero-order valence-corrected chi connectivity index (χ0v) is 12.7. The van der Waals surface area contributed by atoms with E-state index in [1.54, 1.807) is 13.2 Å². The first kappa shape index (κ1) is 15.5. The normalized spacial score (nSPS) is 15.0. The molecule has 0 spiro atoms. The molecule has 2 rings (SSSR count). The highest BCUT2D eigenvalue weighted by Crippen LogP contribution is 2.12. The summed E-state index contributed by atoms with van der Waals surface area (Å²) in [6.07, 6.45) is 3.20. The number of carbonyl (C=O) groups is 1. The second-order valence-electron chi connectivity index (χ2n) is 4.50.